The second kappa shape index (κ2) is 5.56. The van der Waals surface area contributed by atoms with Crippen LogP contribution in [0.2, 0.25) is 0 Å². The molecule has 0 spiro atoms. The first-order chi connectivity index (χ1) is 9.81. The Morgan fingerprint density at radius 1 is 1.38 bits per heavy atom. The maximum Gasteiger partial charge on any atom is 0.416 e. The summed E-state index contributed by atoms with van der Waals surface area (Å²) in [6, 6.07) is 2.94. The topological polar surface area (TPSA) is 84.3 Å². The molecule has 1 aromatic carbocycles. The number of halogens is 3. The van der Waals surface area contributed by atoms with Crippen LogP contribution in [0.5, 0.6) is 5.75 Å². The molecule has 21 heavy (non-hydrogen) atoms. The van der Waals surface area contributed by atoms with E-state index in [1.54, 1.807) is 0 Å². The van der Waals surface area contributed by atoms with Crippen LogP contribution in [0.1, 0.15) is 5.56 Å². The predicted molar refractivity (Wildman–Crippen MR) is 68.5 cm³/mol. The molecule has 112 valence electrons. The van der Waals surface area contributed by atoms with Gasteiger partial charge in [-0.05, 0) is 18.2 Å². The molecule has 6 nitrogen and oxygen atoms in total. The van der Waals surface area contributed by atoms with Crippen molar-refractivity contribution in [1.82, 2.24) is 10.2 Å². The number of carbonyl (C=O) groups is 1. The Labute approximate surface area is 120 Å². The van der Waals surface area contributed by atoms with Crippen molar-refractivity contribution in [2.45, 2.75) is 6.18 Å². The van der Waals surface area contributed by atoms with Gasteiger partial charge in [-0.1, -0.05) is 11.3 Å². The molecule has 10 heteroatoms. The Kier molecular flexibility index (Phi) is 3.98. The van der Waals surface area contributed by atoms with E-state index in [1.165, 1.54) is 13.2 Å². The summed E-state index contributed by atoms with van der Waals surface area (Å²) in [4.78, 5) is 10.5. The van der Waals surface area contributed by atoms with Crippen LogP contribution >= 0.6 is 11.3 Å². The number of carboxylic acid groups (broad SMARTS) is 1. The van der Waals surface area contributed by atoms with E-state index < -0.39 is 17.8 Å². The number of nitrogens with one attached hydrogen (secondary N) is 1. The van der Waals surface area contributed by atoms with Crippen molar-refractivity contribution < 1.29 is 27.8 Å². The second-order valence-electron chi connectivity index (χ2n) is 3.76. The molecule has 0 saturated heterocycles. The molecular weight excluding hydrogens is 311 g/mol. The fourth-order valence-corrected chi connectivity index (χ4v) is 2.28. The van der Waals surface area contributed by atoms with Crippen molar-refractivity contribution in [3.63, 3.8) is 0 Å². The third kappa shape index (κ3) is 3.40. The zero-order valence-corrected chi connectivity index (χ0v) is 11.2. The van der Waals surface area contributed by atoms with E-state index in [9.17, 15) is 18.0 Å². The minimum atomic E-state index is -4.51. The van der Waals surface area contributed by atoms with Gasteiger partial charge in [0.2, 0.25) is 5.13 Å². The molecule has 1 amide bonds. The van der Waals surface area contributed by atoms with Gasteiger partial charge in [0.25, 0.3) is 0 Å². The fraction of sp³-hybridized carbons (Fsp3) is 0.182. The molecule has 0 aliphatic heterocycles. The quantitative estimate of drug-likeness (QED) is 0.906. The summed E-state index contributed by atoms with van der Waals surface area (Å²) < 4.78 is 43.2. The molecule has 0 fully saturated rings. The van der Waals surface area contributed by atoms with E-state index in [0.717, 1.165) is 23.5 Å². The maximum atomic E-state index is 12.7. The van der Waals surface area contributed by atoms with Crippen molar-refractivity contribution >= 4 is 22.6 Å². The van der Waals surface area contributed by atoms with Gasteiger partial charge < -0.3 is 9.84 Å². The van der Waals surface area contributed by atoms with E-state index in [2.05, 4.69) is 10.2 Å². The van der Waals surface area contributed by atoms with Crippen LogP contribution in [0.4, 0.5) is 23.1 Å². The Morgan fingerprint density at radius 2 is 2.10 bits per heavy atom. The molecule has 0 radical (unpaired) electrons. The smallest absolute Gasteiger partial charge is 0.416 e. The Bertz CT molecular complexity index is 672. The molecule has 0 saturated carbocycles. The average Bonchev–Trinajstić information content (AvgIpc) is 2.84. The van der Waals surface area contributed by atoms with Gasteiger partial charge >= 0.3 is 12.3 Å². The number of rotatable bonds is 3. The number of anilines is 1. The van der Waals surface area contributed by atoms with Crippen molar-refractivity contribution in [2.75, 3.05) is 12.4 Å². The van der Waals surface area contributed by atoms with Gasteiger partial charge in [0.1, 0.15) is 5.75 Å². The van der Waals surface area contributed by atoms with Gasteiger partial charge in [0.05, 0.1) is 18.2 Å². The van der Waals surface area contributed by atoms with E-state index in [4.69, 9.17) is 9.84 Å². The number of amides is 1. The first-order valence-electron chi connectivity index (χ1n) is 5.40. The largest absolute Gasteiger partial charge is 0.496 e. The number of hydrogen-bond acceptors (Lipinski definition) is 5. The zero-order chi connectivity index (χ0) is 15.6. The lowest BCUT2D eigenvalue weighted by atomic mass is 10.1. The lowest BCUT2D eigenvalue weighted by molar-refractivity contribution is -0.137. The number of nitrogens with zero attached hydrogens (tertiary/aromatic N) is 2. The van der Waals surface area contributed by atoms with Gasteiger partial charge in [-0.15, -0.1) is 10.2 Å². The zero-order valence-electron chi connectivity index (χ0n) is 10.4. The summed E-state index contributed by atoms with van der Waals surface area (Å²) in [5.74, 6) is 0.182. The van der Waals surface area contributed by atoms with E-state index in [1.807, 2.05) is 5.32 Å². The van der Waals surface area contributed by atoms with Gasteiger partial charge in [-0.2, -0.15) is 13.2 Å². The van der Waals surface area contributed by atoms with E-state index in [-0.39, 0.29) is 21.5 Å². The molecule has 0 aliphatic carbocycles. The van der Waals surface area contributed by atoms with Gasteiger partial charge in [-0.25, -0.2) is 4.79 Å². The van der Waals surface area contributed by atoms with E-state index in [0.29, 0.717) is 0 Å². The molecule has 0 unspecified atom stereocenters. The maximum absolute atomic E-state index is 12.7. The lowest BCUT2D eigenvalue weighted by Crippen LogP contribution is -2.06. The normalized spacial score (nSPS) is 11.2. The van der Waals surface area contributed by atoms with Gasteiger partial charge in [0.15, 0.2) is 5.01 Å². The number of benzene rings is 1. The Balaban J connectivity index is 2.46. The second-order valence-corrected chi connectivity index (χ2v) is 4.73. The number of ether oxygens (including phenoxy) is 1. The molecule has 2 rings (SSSR count). The van der Waals surface area contributed by atoms with Crippen LogP contribution in [0.25, 0.3) is 10.6 Å². The van der Waals surface area contributed by atoms with Crippen molar-refractivity contribution in [3.05, 3.63) is 23.8 Å². The lowest BCUT2D eigenvalue weighted by Gasteiger charge is -2.10. The third-order valence-electron chi connectivity index (χ3n) is 2.40. The minimum Gasteiger partial charge on any atom is -0.496 e. The van der Waals surface area contributed by atoms with Crippen LogP contribution in [-0.4, -0.2) is 28.5 Å². The highest BCUT2D eigenvalue weighted by Crippen LogP contribution is 2.38. The molecule has 0 aliphatic rings. The van der Waals surface area contributed by atoms with E-state index >= 15 is 0 Å². The highest BCUT2D eigenvalue weighted by molar-refractivity contribution is 7.18. The van der Waals surface area contributed by atoms with Crippen LogP contribution in [0, 0.1) is 0 Å². The third-order valence-corrected chi connectivity index (χ3v) is 3.27. The summed E-state index contributed by atoms with van der Waals surface area (Å²) in [6.45, 7) is 0. The summed E-state index contributed by atoms with van der Waals surface area (Å²) in [6.07, 6.45) is -5.85. The SMILES string of the molecule is COc1ccc(C(F)(F)F)cc1-c1nnc(NC(=O)O)s1. The minimum absolute atomic E-state index is 0.0445. The summed E-state index contributed by atoms with van der Waals surface area (Å²) in [5.41, 5.74) is -0.774. The number of alkyl halides is 3. The standard InChI is InChI=1S/C11H8F3N3O3S/c1-20-7-3-2-5(11(12,13)14)4-6(7)8-16-17-9(21-8)15-10(18)19/h2-4H,1H3,(H,15,17)(H,18,19). The Morgan fingerprint density at radius 3 is 2.67 bits per heavy atom. The van der Waals surface area contributed by atoms with Crippen molar-refractivity contribution in [3.8, 4) is 16.3 Å². The molecule has 2 N–H and O–H groups in total. The first kappa shape index (κ1) is 15.0. The van der Waals surface area contributed by atoms with Gasteiger partial charge in [-0.3, -0.25) is 5.32 Å². The highest BCUT2D eigenvalue weighted by atomic mass is 32.1. The first-order valence-corrected chi connectivity index (χ1v) is 6.22. The molecule has 0 atom stereocenters. The van der Waals surface area contributed by atoms with Crippen LogP contribution in [-0.2, 0) is 6.18 Å². The number of methoxy groups -OCH3 is 1. The fourth-order valence-electron chi connectivity index (χ4n) is 1.53. The summed E-state index contributed by atoms with van der Waals surface area (Å²) >= 11 is 0.802. The molecule has 1 aromatic heterocycles. The van der Waals surface area contributed by atoms with Crippen LogP contribution < -0.4 is 10.1 Å². The number of aromatic nitrogens is 2. The van der Waals surface area contributed by atoms with Crippen LogP contribution in [0.3, 0.4) is 0 Å². The molecular formula is C11H8F3N3O3S. The molecule has 2 aromatic rings. The molecule has 0 bridgehead atoms. The Hall–Kier alpha value is -2.36. The number of hydrogen-bond donors (Lipinski definition) is 2. The monoisotopic (exact) mass is 319 g/mol. The molecule has 1 heterocycles. The predicted octanol–water partition coefficient (Wildman–Crippen LogP) is 3.32. The van der Waals surface area contributed by atoms with Crippen molar-refractivity contribution in [1.29, 1.82) is 0 Å². The average molecular weight is 319 g/mol. The highest BCUT2D eigenvalue weighted by Gasteiger charge is 2.31. The van der Waals surface area contributed by atoms with Gasteiger partial charge in [0, 0.05) is 0 Å². The summed E-state index contributed by atoms with van der Waals surface area (Å²) in [5, 5.41) is 17.8. The van der Waals surface area contributed by atoms with Crippen molar-refractivity contribution in [2.24, 2.45) is 0 Å². The summed E-state index contributed by atoms with van der Waals surface area (Å²) in [7, 11) is 1.31. The van der Waals surface area contributed by atoms with Crippen LogP contribution in [0.15, 0.2) is 18.2 Å².